The molecule has 0 fully saturated rings. The third-order valence-corrected chi connectivity index (χ3v) is 5.96. The summed E-state index contributed by atoms with van der Waals surface area (Å²) in [7, 11) is 0. The summed E-state index contributed by atoms with van der Waals surface area (Å²) in [6, 6.07) is 12.0. The summed E-state index contributed by atoms with van der Waals surface area (Å²) in [6.45, 7) is 3.34. The largest absolute Gasteiger partial charge is 0.328 e. The maximum atomic E-state index is 13.0. The van der Waals surface area contributed by atoms with Crippen molar-refractivity contribution >= 4 is 40.3 Å². The number of thioether (sulfide) groups is 1. The number of carbonyl (C=O) groups excluding carboxylic acids is 1. The normalized spacial score (nSPS) is 10.7. The molecule has 24 heavy (non-hydrogen) atoms. The van der Waals surface area contributed by atoms with Gasteiger partial charge in [-0.3, -0.25) is 4.79 Å². The van der Waals surface area contributed by atoms with Crippen LogP contribution in [0.5, 0.6) is 0 Å². The Labute approximate surface area is 154 Å². The Morgan fingerprint density at radius 1 is 1.08 bits per heavy atom. The molecule has 0 aromatic carbocycles. The summed E-state index contributed by atoms with van der Waals surface area (Å²) in [5.41, 5.74) is 0.642. The molecule has 0 aliphatic rings. The highest BCUT2D eigenvalue weighted by atomic mass is 32.2. The van der Waals surface area contributed by atoms with E-state index in [1.807, 2.05) is 39.9 Å². The lowest BCUT2D eigenvalue weighted by Gasteiger charge is -2.21. The van der Waals surface area contributed by atoms with Gasteiger partial charge in [-0.05, 0) is 40.8 Å². The van der Waals surface area contributed by atoms with E-state index in [1.54, 1.807) is 40.6 Å². The van der Waals surface area contributed by atoms with E-state index in [0.717, 1.165) is 10.8 Å². The van der Waals surface area contributed by atoms with Crippen LogP contribution < -0.4 is 0 Å². The monoisotopic (exact) mass is 374 g/mol. The van der Waals surface area contributed by atoms with Gasteiger partial charge in [0.25, 0.3) is 5.91 Å². The lowest BCUT2D eigenvalue weighted by molar-refractivity contribution is 0.0733. The highest BCUT2D eigenvalue weighted by Crippen LogP contribution is 2.20. The lowest BCUT2D eigenvalue weighted by atomic mass is 10.2. The van der Waals surface area contributed by atoms with Crippen LogP contribution in [0.25, 0.3) is 0 Å². The smallest absolute Gasteiger partial charge is 0.256 e. The van der Waals surface area contributed by atoms with Crippen LogP contribution in [-0.4, -0.2) is 21.5 Å². The first kappa shape index (κ1) is 17.2. The minimum absolute atomic E-state index is 0.0253. The van der Waals surface area contributed by atoms with Crippen LogP contribution in [0.4, 0.5) is 0 Å². The molecule has 0 spiro atoms. The number of hydrogen-bond donors (Lipinski definition) is 0. The third kappa shape index (κ3) is 4.47. The Balaban J connectivity index is 1.79. The molecule has 3 aromatic rings. The van der Waals surface area contributed by atoms with E-state index in [9.17, 15) is 4.79 Å². The van der Waals surface area contributed by atoms with Gasteiger partial charge in [-0.2, -0.15) is 0 Å². The van der Waals surface area contributed by atoms with Crippen LogP contribution >= 0.6 is 34.4 Å². The van der Waals surface area contributed by atoms with Gasteiger partial charge in [0.15, 0.2) is 0 Å². The third-order valence-electron chi connectivity index (χ3n) is 3.42. The Bertz CT molecular complexity index is 716. The van der Waals surface area contributed by atoms with Crippen molar-refractivity contribution in [1.29, 1.82) is 0 Å². The molecule has 6 heteroatoms. The van der Waals surface area contributed by atoms with E-state index in [1.165, 1.54) is 9.75 Å². The quantitative estimate of drug-likeness (QED) is 0.536. The van der Waals surface area contributed by atoms with Gasteiger partial charge in [-0.25, -0.2) is 4.98 Å². The summed E-state index contributed by atoms with van der Waals surface area (Å²) in [5.74, 6) is 1.00. The molecular weight excluding hydrogens is 356 g/mol. The van der Waals surface area contributed by atoms with Gasteiger partial charge in [0.2, 0.25) is 0 Å². The van der Waals surface area contributed by atoms with Crippen LogP contribution in [0.1, 0.15) is 27.0 Å². The first-order valence-corrected chi connectivity index (χ1v) is 10.4. The number of aromatic nitrogens is 1. The number of pyridine rings is 1. The second-order valence-corrected chi connectivity index (χ2v) is 8.49. The molecule has 3 rings (SSSR count). The van der Waals surface area contributed by atoms with Gasteiger partial charge in [-0.1, -0.05) is 19.1 Å². The van der Waals surface area contributed by atoms with Gasteiger partial charge < -0.3 is 4.90 Å². The second kappa shape index (κ2) is 8.46. The number of amides is 1. The van der Waals surface area contributed by atoms with Gasteiger partial charge in [-0.15, -0.1) is 34.4 Å². The number of rotatable bonds is 7. The van der Waals surface area contributed by atoms with E-state index in [2.05, 4.69) is 24.0 Å². The Morgan fingerprint density at radius 2 is 1.75 bits per heavy atom. The highest BCUT2D eigenvalue weighted by Gasteiger charge is 2.18. The average molecular weight is 375 g/mol. The van der Waals surface area contributed by atoms with E-state index < -0.39 is 0 Å². The molecule has 0 aliphatic carbocycles. The molecule has 124 valence electrons. The molecule has 0 saturated carbocycles. The summed E-state index contributed by atoms with van der Waals surface area (Å²) in [5, 5.41) is 5.04. The molecule has 0 bridgehead atoms. The standard InChI is InChI=1S/C18H18N2OS3/c1-2-22-17-8-7-14(11-19-17)18(21)20(12-15-5-3-9-23-15)13-16-6-4-10-24-16/h3-11H,2,12-13H2,1H3. The van der Waals surface area contributed by atoms with Crippen LogP contribution in [0.3, 0.4) is 0 Å². The van der Waals surface area contributed by atoms with E-state index in [-0.39, 0.29) is 5.91 Å². The van der Waals surface area contributed by atoms with Crippen molar-refractivity contribution in [3.63, 3.8) is 0 Å². The van der Waals surface area contributed by atoms with Gasteiger partial charge >= 0.3 is 0 Å². The molecule has 0 N–H and O–H groups in total. The zero-order chi connectivity index (χ0) is 16.8. The Morgan fingerprint density at radius 3 is 2.21 bits per heavy atom. The number of hydrogen-bond acceptors (Lipinski definition) is 5. The highest BCUT2D eigenvalue weighted by molar-refractivity contribution is 7.99. The van der Waals surface area contributed by atoms with Crippen molar-refractivity contribution in [3.8, 4) is 0 Å². The molecule has 3 heterocycles. The number of carbonyl (C=O) groups is 1. The average Bonchev–Trinajstić information content (AvgIpc) is 3.28. The number of nitrogens with zero attached hydrogens (tertiary/aromatic N) is 2. The van der Waals surface area contributed by atoms with Crippen LogP contribution in [0.15, 0.2) is 58.4 Å². The van der Waals surface area contributed by atoms with Crippen molar-refractivity contribution in [1.82, 2.24) is 9.88 Å². The fourth-order valence-electron chi connectivity index (χ4n) is 2.30. The van der Waals surface area contributed by atoms with Crippen molar-refractivity contribution in [2.45, 2.75) is 25.0 Å². The Hall–Kier alpha value is -1.63. The van der Waals surface area contributed by atoms with E-state index in [4.69, 9.17) is 0 Å². The summed E-state index contributed by atoms with van der Waals surface area (Å²) >= 11 is 5.03. The molecule has 0 aliphatic heterocycles. The molecule has 3 nitrogen and oxygen atoms in total. The van der Waals surface area contributed by atoms with Gasteiger partial charge in [0, 0.05) is 16.0 Å². The number of thiophene rings is 2. The molecule has 0 atom stereocenters. The summed E-state index contributed by atoms with van der Waals surface area (Å²) in [6.07, 6.45) is 1.69. The maximum absolute atomic E-state index is 13.0. The van der Waals surface area contributed by atoms with E-state index >= 15 is 0 Å². The van der Waals surface area contributed by atoms with Crippen molar-refractivity contribution in [3.05, 3.63) is 68.7 Å². The summed E-state index contributed by atoms with van der Waals surface area (Å²) < 4.78 is 0. The molecule has 0 radical (unpaired) electrons. The SMILES string of the molecule is CCSc1ccc(C(=O)N(Cc2cccs2)Cc2cccs2)cn1. The van der Waals surface area contributed by atoms with Gasteiger partial charge in [0.05, 0.1) is 23.7 Å². The molecule has 0 unspecified atom stereocenters. The van der Waals surface area contributed by atoms with Gasteiger partial charge in [0.1, 0.15) is 0 Å². The Kier molecular flexibility index (Phi) is 6.07. The first-order chi connectivity index (χ1) is 11.8. The van der Waals surface area contributed by atoms with E-state index in [0.29, 0.717) is 18.7 Å². The zero-order valence-electron chi connectivity index (χ0n) is 13.3. The first-order valence-electron chi connectivity index (χ1n) is 7.69. The lowest BCUT2D eigenvalue weighted by Crippen LogP contribution is -2.29. The molecule has 3 aromatic heterocycles. The van der Waals surface area contributed by atoms with Crippen molar-refractivity contribution < 1.29 is 4.79 Å². The molecule has 0 saturated heterocycles. The fraction of sp³-hybridized carbons (Fsp3) is 0.222. The molecular formula is C18H18N2OS3. The van der Waals surface area contributed by atoms with Crippen LogP contribution in [0, 0.1) is 0 Å². The predicted octanol–water partition coefficient (Wildman–Crippen LogP) is 5.16. The minimum atomic E-state index is 0.0253. The van der Waals surface area contributed by atoms with Crippen LogP contribution in [0.2, 0.25) is 0 Å². The minimum Gasteiger partial charge on any atom is -0.328 e. The van der Waals surface area contributed by atoms with Crippen molar-refractivity contribution in [2.75, 3.05) is 5.75 Å². The maximum Gasteiger partial charge on any atom is 0.256 e. The fourth-order valence-corrected chi connectivity index (χ4v) is 4.33. The second-order valence-electron chi connectivity index (χ2n) is 5.14. The van der Waals surface area contributed by atoms with Crippen LogP contribution in [-0.2, 0) is 13.1 Å². The predicted molar refractivity (Wildman–Crippen MR) is 103 cm³/mol. The summed E-state index contributed by atoms with van der Waals surface area (Å²) in [4.78, 5) is 21.6. The molecule has 1 amide bonds. The topological polar surface area (TPSA) is 33.2 Å². The zero-order valence-corrected chi connectivity index (χ0v) is 15.8. The van der Waals surface area contributed by atoms with Crippen molar-refractivity contribution in [2.24, 2.45) is 0 Å².